The maximum Gasteiger partial charge on any atom is 0.00414 e. The normalized spacial score (nSPS) is 19.0. The van der Waals surface area contributed by atoms with Gasteiger partial charge in [0, 0.05) is 6.04 Å². The van der Waals surface area contributed by atoms with Gasteiger partial charge in [0.25, 0.3) is 0 Å². The van der Waals surface area contributed by atoms with Crippen LogP contribution in [0.4, 0.5) is 0 Å². The molecule has 1 atom stereocenters. The number of hydrogen-bond acceptors (Lipinski definition) is 2. The fourth-order valence-corrected chi connectivity index (χ4v) is 3.05. The molecule has 0 aromatic heterocycles. The highest BCUT2D eigenvalue weighted by molar-refractivity contribution is 4.72. The molecular formula is C16H34N2. The van der Waals surface area contributed by atoms with Crippen molar-refractivity contribution < 1.29 is 0 Å². The standard InChI is InChI=1S/C16H34N2/c1-2-3-12-18-13-8-7-11-16(17)14-15-9-5-4-6-10-15/h15-16,18H,2-14,17H2,1H3. The van der Waals surface area contributed by atoms with Crippen molar-refractivity contribution in [3.63, 3.8) is 0 Å². The van der Waals surface area contributed by atoms with Crippen LogP contribution in [0, 0.1) is 5.92 Å². The van der Waals surface area contributed by atoms with E-state index in [0.29, 0.717) is 6.04 Å². The van der Waals surface area contributed by atoms with E-state index < -0.39 is 0 Å². The molecule has 1 saturated carbocycles. The van der Waals surface area contributed by atoms with Crippen molar-refractivity contribution in [1.29, 1.82) is 0 Å². The quantitative estimate of drug-likeness (QED) is 0.581. The SMILES string of the molecule is CCCCNCCCCC(N)CC1CCCCC1. The summed E-state index contributed by atoms with van der Waals surface area (Å²) in [6.07, 6.45) is 14.9. The third kappa shape index (κ3) is 8.10. The summed E-state index contributed by atoms with van der Waals surface area (Å²) < 4.78 is 0. The Bertz CT molecular complexity index is 176. The summed E-state index contributed by atoms with van der Waals surface area (Å²) in [5, 5.41) is 3.50. The van der Waals surface area contributed by atoms with Gasteiger partial charge in [-0.3, -0.25) is 0 Å². The zero-order chi connectivity index (χ0) is 13.1. The minimum Gasteiger partial charge on any atom is -0.328 e. The Balaban J connectivity index is 1.88. The molecule has 1 fully saturated rings. The molecule has 0 spiro atoms. The molecule has 3 N–H and O–H groups in total. The van der Waals surface area contributed by atoms with Crippen molar-refractivity contribution in [1.82, 2.24) is 5.32 Å². The first-order valence-corrected chi connectivity index (χ1v) is 8.29. The summed E-state index contributed by atoms with van der Waals surface area (Å²) in [4.78, 5) is 0. The van der Waals surface area contributed by atoms with Gasteiger partial charge in [-0.05, 0) is 44.7 Å². The summed E-state index contributed by atoms with van der Waals surface area (Å²) >= 11 is 0. The lowest BCUT2D eigenvalue weighted by molar-refractivity contribution is 0.310. The summed E-state index contributed by atoms with van der Waals surface area (Å²) in [5.74, 6) is 0.941. The topological polar surface area (TPSA) is 38.0 Å². The van der Waals surface area contributed by atoms with Crippen LogP contribution in [-0.4, -0.2) is 19.1 Å². The molecule has 1 aliphatic rings. The Morgan fingerprint density at radius 2 is 1.78 bits per heavy atom. The number of nitrogens with one attached hydrogen (secondary N) is 1. The predicted molar refractivity (Wildman–Crippen MR) is 80.8 cm³/mol. The monoisotopic (exact) mass is 254 g/mol. The second kappa shape index (κ2) is 10.8. The lowest BCUT2D eigenvalue weighted by atomic mass is 9.84. The lowest BCUT2D eigenvalue weighted by Crippen LogP contribution is -2.25. The van der Waals surface area contributed by atoms with Gasteiger partial charge in [-0.1, -0.05) is 51.9 Å². The highest BCUT2D eigenvalue weighted by atomic mass is 14.8. The van der Waals surface area contributed by atoms with Crippen LogP contribution in [0.3, 0.4) is 0 Å². The Morgan fingerprint density at radius 1 is 1.06 bits per heavy atom. The molecule has 0 radical (unpaired) electrons. The van der Waals surface area contributed by atoms with Crippen molar-refractivity contribution >= 4 is 0 Å². The molecule has 18 heavy (non-hydrogen) atoms. The summed E-state index contributed by atoms with van der Waals surface area (Å²) in [7, 11) is 0. The van der Waals surface area contributed by atoms with Crippen molar-refractivity contribution in [3.8, 4) is 0 Å². The summed E-state index contributed by atoms with van der Waals surface area (Å²) in [6.45, 7) is 4.60. The van der Waals surface area contributed by atoms with Gasteiger partial charge in [0.1, 0.15) is 0 Å². The third-order valence-corrected chi connectivity index (χ3v) is 4.25. The molecule has 1 rings (SSSR count). The van der Waals surface area contributed by atoms with Crippen LogP contribution >= 0.6 is 0 Å². The second-order valence-corrected chi connectivity index (χ2v) is 6.10. The lowest BCUT2D eigenvalue weighted by Gasteiger charge is -2.24. The van der Waals surface area contributed by atoms with Crippen LogP contribution in [0.15, 0.2) is 0 Å². The van der Waals surface area contributed by atoms with Crippen molar-refractivity contribution in [3.05, 3.63) is 0 Å². The van der Waals surface area contributed by atoms with E-state index in [0.717, 1.165) is 5.92 Å². The van der Waals surface area contributed by atoms with Crippen LogP contribution < -0.4 is 11.1 Å². The van der Waals surface area contributed by atoms with E-state index in [4.69, 9.17) is 5.73 Å². The maximum absolute atomic E-state index is 6.25. The fraction of sp³-hybridized carbons (Fsp3) is 1.00. The number of unbranched alkanes of at least 4 members (excludes halogenated alkanes) is 2. The summed E-state index contributed by atoms with van der Waals surface area (Å²) in [6, 6.07) is 0.462. The molecule has 0 heterocycles. The van der Waals surface area contributed by atoms with E-state index in [-0.39, 0.29) is 0 Å². The molecule has 0 amide bonds. The minimum atomic E-state index is 0.462. The average molecular weight is 254 g/mol. The number of hydrogen-bond donors (Lipinski definition) is 2. The molecular weight excluding hydrogens is 220 g/mol. The van der Waals surface area contributed by atoms with Crippen LogP contribution in [0.2, 0.25) is 0 Å². The zero-order valence-electron chi connectivity index (χ0n) is 12.4. The second-order valence-electron chi connectivity index (χ2n) is 6.10. The Labute approximate surface area is 114 Å². The van der Waals surface area contributed by atoms with Gasteiger partial charge in [0.05, 0.1) is 0 Å². The first kappa shape index (κ1) is 16.0. The minimum absolute atomic E-state index is 0.462. The van der Waals surface area contributed by atoms with Crippen molar-refractivity contribution in [2.75, 3.05) is 13.1 Å². The average Bonchev–Trinajstić information content (AvgIpc) is 2.39. The molecule has 2 heteroatoms. The van der Waals surface area contributed by atoms with Crippen LogP contribution in [0.1, 0.15) is 77.6 Å². The molecule has 1 aliphatic carbocycles. The van der Waals surface area contributed by atoms with Gasteiger partial charge in [0.15, 0.2) is 0 Å². The van der Waals surface area contributed by atoms with Gasteiger partial charge in [-0.2, -0.15) is 0 Å². The van der Waals surface area contributed by atoms with E-state index in [2.05, 4.69) is 12.2 Å². The molecule has 0 bridgehead atoms. The van der Waals surface area contributed by atoms with Gasteiger partial charge in [-0.25, -0.2) is 0 Å². The first-order chi connectivity index (χ1) is 8.83. The Kier molecular flexibility index (Phi) is 9.59. The van der Waals surface area contributed by atoms with Gasteiger partial charge in [0.2, 0.25) is 0 Å². The molecule has 0 aliphatic heterocycles. The van der Waals surface area contributed by atoms with Gasteiger partial charge in [-0.15, -0.1) is 0 Å². The smallest absolute Gasteiger partial charge is 0.00414 e. The predicted octanol–water partition coefficient (Wildman–Crippen LogP) is 3.84. The van der Waals surface area contributed by atoms with Crippen molar-refractivity contribution in [2.45, 2.75) is 83.6 Å². The molecule has 2 nitrogen and oxygen atoms in total. The molecule has 1 unspecified atom stereocenters. The molecule has 0 aromatic carbocycles. The maximum atomic E-state index is 6.25. The first-order valence-electron chi connectivity index (χ1n) is 8.29. The van der Waals surface area contributed by atoms with Crippen LogP contribution in [0.5, 0.6) is 0 Å². The molecule has 108 valence electrons. The Morgan fingerprint density at radius 3 is 2.50 bits per heavy atom. The van der Waals surface area contributed by atoms with E-state index >= 15 is 0 Å². The van der Waals surface area contributed by atoms with Gasteiger partial charge < -0.3 is 11.1 Å². The van der Waals surface area contributed by atoms with Crippen molar-refractivity contribution in [2.24, 2.45) is 11.7 Å². The fourth-order valence-electron chi connectivity index (χ4n) is 3.05. The van der Waals surface area contributed by atoms with E-state index in [9.17, 15) is 0 Å². The largest absolute Gasteiger partial charge is 0.328 e. The zero-order valence-corrected chi connectivity index (χ0v) is 12.4. The van der Waals surface area contributed by atoms with Crippen LogP contribution in [-0.2, 0) is 0 Å². The number of rotatable bonds is 10. The summed E-state index contributed by atoms with van der Waals surface area (Å²) in [5.41, 5.74) is 6.25. The van der Waals surface area contributed by atoms with E-state index in [1.165, 1.54) is 83.7 Å². The third-order valence-electron chi connectivity index (χ3n) is 4.25. The number of nitrogens with two attached hydrogens (primary N) is 1. The van der Waals surface area contributed by atoms with Gasteiger partial charge >= 0.3 is 0 Å². The Hall–Kier alpha value is -0.0800. The van der Waals surface area contributed by atoms with E-state index in [1.807, 2.05) is 0 Å². The van der Waals surface area contributed by atoms with Crippen LogP contribution in [0.25, 0.3) is 0 Å². The molecule has 0 saturated heterocycles. The highest BCUT2D eigenvalue weighted by Gasteiger charge is 2.16. The molecule has 0 aromatic rings. The van der Waals surface area contributed by atoms with E-state index in [1.54, 1.807) is 0 Å². The highest BCUT2D eigenvalue weighted by Crippen LogP contribution is 2.27.